The summed E-state index contributed by atoms with van der Waals surface area (Å²) in [7, 11) is 0. The van der Waals surface area contributed by atoms with Crippen LogP contribution in [0.1, 0.15) is 12.6 Å². The molecule has 0 fully saturated rings. The molecule has 0 bridgehead atoms. The van der Waals surface area contributed by atoms with Gasteiger partial charge >= 0.3 is 0 Å². The molecule has 2 aromatic heterocycles. The molecule has 0 radical (unpaired) electrons. The van der Waals surface area contributed by atoms with Crippen molar-refractivity contribution in [1.29, 1.82) is 0 Å². The normalized spacial score (nSPS) is 10.3. The van der Waals surface area contributed by atoms with Gasteiger partial charge in [0.1, 0.15) is 12.4 Å². The van der Waals surface area contributed by atoms with Crippen LogP contribution in [-0.2, 0) is 13.2 Å². The van der Waals surface area contributed by atoms with E-state index in [2.05, 4.69) is 10.1 Å². The number of nitrogens with two attached hydrogens (primary N) is 1. The monoisotopic (exact) mass is 218 g/mol. The molecule has 0 saturated carbocycles. The molecule has 0 aliphatic heterocycles. The molecule has 0 amide bonds. The summed E-state index contributed by atoms with van der Waals surface area (Å²) in [4.78, 5) is 3.97. The first-order chi connectivity index (χ1) is 7.81. The first kappa shape index (κ1) is 10.5. The van der Waals surface area contributed by atoms with Crippen molar-refractivity contribution in [3.63, 3.8) is 0 Å². The minimum absolute atomic E-state index is 0.408. The highest BCUT2D eigenvalue weighted by Gasteiger charge is 2.07. The predicted octanol–water partition coefficient (Wildman–Crippen LogP) is 1.46. The van der Waals surface area contributed by atoms with Crippen molar-refractivity contribution >= 4 is 5.69 Å². The zero-order valence-corrected chi connectivity index (χ0v) is 9.13. The molecule has 2 rings (SSSR count). The van der Waals surface area contributed by atoms with Crippen LogP contribution in [0, 0.1) is 0 Å². The highest BCUT2D eigenvalue weighted by molar-refractivity contribution is 5.40. The van der Waals surface area contributed by atoms with Crippen molar-refractivity contribution in [1.82, 2.24) is 14.8 Å². The van der Waals surface area contributed by atoms with E-state index in [9.17, 15) is 0 Å². The molecule has 0 aliphatic rings. The Morgan fingerprint density at radius 1 is 1.44 bits per heavy atom. The van der Waals surface area contributed by atoms with E-state index < -0.39 is 0 Å². The van der Waals surface area contributed by atoms with E-state index in [1.165, 1.54) is 0 Å². The van der Waals surface area contributed by atoms with E-state index in [-0.39, 0.29) is 0 Å². The lowest BCUT2D eigenvalue weighted by atomic mass is 10.4. The highest BCUT2D eigenvalue weighted by atomic mass is 16.5. The molecule has 0 aromatic carbocycles. The molecule has 0 unspecified atom stereocenters. The fourth-order valence-corrected chi connectivity index (χ4v) is 1.44. The Labute approximate surface area is 93.9 Å². The lowest BCUT2D eigenvalue weighted by Gasteiger charge is -2.08. The van der Waals surface area contributed by atoms with Gasteiger partial charge < -0.3 is 10.5 Å². The van der Waals surface area contributed by atoms with Crippen molar-refractivity contribution in [2.24, 2.45) is 0 Å². The van der Waals surface area contributed by atoms with Crippen molar-refractivity contribution < 1.29 is 4.74 Å². The van der Waals surface area contributed by atoms with Crippen molar-refractivity contribution in [3.05, 3.63) is 36.4 Å². The number of nitrogens with zero attached hydrogens (tertiary/aromatic N) is 3. The smallest absolute Gasteiger partial charge is 0.138 e. The fourth-order valence-electron chi connectivity index (χ4n) is 1.44. The first-order valence-electron chi connectivity index (χ1n) is 5.14. The minimum Gasteiger partial charge on any atom is -0.486 e. The second kappa shape index (κ2) is 4.65. The molecular formula is C11H14N4O. The predicted molar refractivity (Wildman–Crippen MR) is 60.9 cm³/mol. The summed E-state index contributed by atoms with van der Waals surface area (Å²) in [5.41, 5.74) is 7.35. The lowest BCUT2D eigenvalue weighted by Crippen LogP contribution is -2.07. The largest absolute Gasteiger partial charge is 0.486 e. The van der Waals surface area contributed by atoms with Crippen LogP contribution in [0.3, 0.4) is 0 Å². The second-order valence-corrected chi connectivity index (χ2v) is 3.34. The summed E-state index contributed by atoms with van der Waals surface area (Å²) in [6.45, 7) is 3.20. The summed E-state index contributed by atoms with van der Waals surface area (Å²) in [6.07, 6.45) is 5.02. The van der Waals surface area contributed by atoms with Gasteiger partial charge in [0.05, 0.1) is 23.8 Å². The lowest BCUT2D eigenvalue weighted by molar-refractivity contribution is 0.292. The second-order valence-electron chi connectivity index (χ2n) is 3.34. The Hall–Kier alpha value is -2.04. The zero-order chi connectivity index (χ0) is 11.4. The Balaban J connectivity index is 2.07. The molecule has 5 heteroatoms. The van der Waals surface area contributed by atoms with Gasteiger partial charge in [-0.1, -0.05) is 0 Å². The van der Waals surface area contributed by atoms with E-state index >= 15 is 0 Å². The minimum atomic E-state index is 0.408. The van der Waals surface area contributed by atoms with Crippen LogP contribution >= 0.6 is 0 Å². The van der Waals surface area contributed by atoms with E-state index in [0.717, 1.165) is 18.0 Å². The molecule has 0 saturated heterocycles. The number of pyridine rings is 1. The molecule has 2 N–H and O–H groups in total. The average Bonchev–Trinajstić information content (AvgIpc) is 2.69. The van der Waals surface area contributed by atoms with Gasteiger partial charge in [0.25, 0.3) is 0 Å². The Morgan fingerprint density at radius 2 is 2.31 bits per heavy atom. The number of hydrogen-bond acceptors (Lipinski definition) is 4. The molecule has 5 nitrogen and oxygen atoms in total. The number of nitrogen functional groups attached to an aromatic ring is 1. The third kappa shape index (κ3) is 2.13. The summed E-state index contributed by atoms with van der Waals surface area (Å²) in [5, 5.41) is 4.14. The van der Waals surface area contributed by atoms with E-state index in [0.29, 0.717) is 12.3 Å². The highest BCUT2D eigenvalue weighted by Crippen LogP contribution is 2.14. The first-order valence-corrected chi connectivity index (χ1v) is 5.14. The number of aromatic nitrogens is 3. The number of hydrogen-bond donors (Lipinski definition) is 1. The van der Waals surface area contributed by atoms with Gasteiger partial charge in [-0.2, -0.15) is 5.10 Å². The molecule has 0 spiro atoms. The molecule has 2 aromatic rings. The van der Waals surface area contributed by atoms with Gasteiger partial charge in [0.15, 0.2) is 0 Å². The summed E-state index contributed by atoms with van der Waals surface area (Å²) in [6, 6.07) is 3.69. The van der Waals surface area contributed by atoms with Crippen LogP contribution < -0.4 is 10.5 Å². The molecule has 84 valence electrons. The third-order valence-electron chi connectivity index (χ3n) is 2.29. The van der Waals surface area contributed by atoms with Gasteiger partial charge in [-0.3, -0.25) is 9.67 Å². The Morgan fingerprint density at radius 3 is 3.00 bits per heavy atom. The van der Waals surface area contributed by atoms with Crippen LogP contribution in [0.25, 0.3) is 0 Å². The van der Waals surface area contributed by atoms with Crippen LogP contribution in [-0.4, -0.2) is 14.8 Å². The van der Waals surface area contributed by atoms with Crippen LogP contribution in [0.15, 0.2) is 30.7 Å². The van der Waals surface area contributed by atoms with E-state index in [1.54, 1.807) is 18.6 Å². The van der Waals surface area contributed by atoms with E-state index in [4.69, 9.17) is 10.5 Å². The molecule has 0 atom stereocenters. The standard InChI is InChI=1S/C11H14N4O/c1-2-15-11(10(12)7-14-15)8-16-9-4-3-5-13-6-9/h3-7H,2,8,12H2,1H3. The topological polar surface area (TPSA) is 66.0 Å². The van der Waals surface area contributed by atoms with Crippen LogP contribution in [0.4, 0.5) is 5.69 Å². The number of aryl methyl sites for hydroxylation is 1. The Bertz CT molecular complexity index is 452. The molecular weight excluding hydrogens is 204 g/mol. The summed E-state index contributed by atoms with van der Waals surface area (Å²) < 4.78 is 7.40. The van der Waals surface area contributed by atoms with Gasteiger partial charge in [0, 0.05) is 12.7 Å². The molecule has 16 heavy (non-hydrogen) atoms. The van der Waals surface area contributed by atoms with Gasteiger partial charge in [-0.05, 0) is 19.1 Å². The number of rotatable bonds is 4. The van der Waals surface area contributed by atoms with Crippen molar-refractivity contribution in [3.8, 4) is 5.75 Å². The molecule has 2 heterocycles. The molecule has 0 aliphatic carbocycles. The quantitative estimate of drug-likeness (QED) is 0.843. The van der Waals surface area contributed by atoms with Crippen molar-refractivity contribution in [2.45, 2.75) is 20.1 Å². The van der Waals surface area contributed by atoms with Crippen LogP contribution in [0.5, 0.6) is 5.75 Å². The third-order valence-corrected chi connectivity index (χ3v) is 2.29. The van der Waals surface area contributed by atoms with Gasteiger partial charge in [-0.15, -0.1) is 0 Å². The SMILES string of the molecule is CCn1ncc(N)c1COc1cccnc1. The average molecular weight is 218 g/mol. The summed E-state index contributed by atoms with van der Waals surface area (Å²) in [5.74, 6) is 0.728. The zero-order valence-electron chi connectivity index (χ0n) is 9.13. The van der Waals surface area contributed by atoms with Crippen LogP contribution in [0.2, 0.25) is 0 Å². The Kier molecular flexibility index (Phi) is 3.05. The van der Waals surface area contributed by atoms with E-state index in [1.807, 2.05) is 23.7 Å². The maximum Gasteiger partial charge on any atom is 0.138 e. The summed E-state index contributed by atoms with van der Waals surface area (Å²) >= 11 is 0. The number of ether oxygens (including phenoxy) is 1. The van der Waals surface area contributed by atoms with Gasteiger partial charge in [-0.25, -0.2) is 0 Å². The fraction of sp³-hybridized carbons (Fsp3) is 0.273. The maximum atomic E-state index is 5.80. The number of anilines is 1. The van der Waals surface area contributed by atoms with Crippen molar-refractivity contribution in [2.75, 3.05) is 5.73 Å². The van der Waals surface area contributed by atoms with Gasteiger partial charge in [0.2, 0.25) is 0 Å². The maximum absolute atomic E-state index is 5.80.